The summed E-state index contributed by atoms with van der Waals surface area (Å²) in [6, 6.07) is 1.82. The van der Waals surface area contributed by atoms with Gasteiger partial charge in [-0.3, -0.25) is 4.79 Å². The van der Waals surface area contributed by atoms with Crippen molar-refractivity contribution in [3.05, 3.63) is 34.5 Å². The van der Waals surface area contributed by atoms with Gasteiger partial charge in [-0.2, -0.15) is 5.10 Å². The van der Waals surface area contributed by atoms with E-state index in [4.69, 9.17) is 0 Å². The molecule has 0 aliphatic rings. The first-order chi connectivity index (χ1) is 8.93. The van der Waals surface area contributed by atoms with Gasteiger partial charge >= 0.3 is 0 Å². The summed E-state index contributed by atoms with van der Waals surface area (Å²) in [6.07, 6.45) is 4.68. The van der Waals surface area contributed by atoms with E-state index in [9.17, 15) is 4.79 Å². The number of aromatic nitrogens is 3. The average molecular weight is 262 g/mol. The Morgan fingerprint density at radius 3 is 2.79 bits per heavy atom. The summed E-state index contributed by atoms with van der Waals surface area (Å²) in [5, 5.41) is 7.69. The van der Waals surface area contributed by atoms with Gasteiger partial charge in [0.15, 0.2) is 0 Å². The van der Waals surface area contributed by atoms with Crippen molar-refractivity contribution in [2.45, 2.75) is 46.2 Å². The number of fused-ring (bicyclic) bond motifs is 1. The molecule has 2 aromatic rings. The third kappa shape index (κ3) is 3.04. The molecule has 2 aromatic heterocycles. The summed E-state index contributed by atoms with van der Waals surface area (Å²) in [6.45, 7) is 9.83. The monoisotopic (exact) mass is 262 g/mol. The van der Waals surface area contributed by atoms with Crippen LogP contribution in [0.1, 0.15) is 32.9 Å². The molecule has 0 radical (unpaired) electrons. The molecule has 5 heteroatoms. The lowest BCUT2D eigenvalue weighted by Gasteiger charge is -2.24. The van der Waals surface area contributed by atoms with Gasteiger partial charge < -0.3 is 9.88 Å². The summed E-state index contributed by atoms with van der Waals surface area (Å²) in [7, 11) is 0. The molecule has 0 saturated heterocycles. The van der Waals surface area contributed by atoms with E-state index in [-0.39, 0.29) is 11.1 Å². The molecular weight excluding hydrogens is 240 g/mol. The Kier molecular flexibility index (Phi) is 3.75. The summed E-state index contributed by atoms with van der Waals surface area (Å²) in [5.74, 6) is 0. The highest BCUT2D eigenvalue weighted by Crippen LogP contribution is 2.06. The molecule has 19 heavy (non-hydrogen) atoms. The maximum absolute atomic E-state index is 12.2. The van der Waals surface area contributed by atoms with Gasteiger partial charge in [0, 0.05) is 31.0 Å². The van der Waals surface area contributed by atoms with Gasteiger partial charge in [-0.25, -0.2) is 4.52 Å². The first kappa shape index (κ1) is 13.8. The Hall–Kier alpha value is -1.62. The highest BCUT2D eigenvalue weighted by Gasteiger charge is 2.13. The molecule has 0 aliphatic carbocycles. The summed E-state index contributed by atoms with van der Waals surface area (Å²) < 4.78 is 3.37. The minimum atomic E-state index is 0.0132. The van der Waals surface area contributed by atoms with Gasteiger partial charge in [-0.15, -0.1) is 0 Å². The zero-order valence-corrected chi connectivity index (χ0v) is 12.1. The first-order valence-electron chi connectivity index (χ1n) is 6.73. The van der Waals surface area contributed by atoms with Crippen LogP contribution in [0.5, 0.6) is 0 Å². The van der Waals surface area contributed by atoms with Crippen molar-refractivity contribution < 1.29 is 0 Å². The average Bonchev–Trinajstić information content (AvgIpc) is 2.74. The van der Waals surface area contributed by atoms with Gasteiger partial charge in [0.1, 0.15) is 5.52 Å². The Morgan fingerprint density at radius 1 is 1.37 bits per heavy atom. The van der Waals surface area contributed by atoms with Crippen LogP contribution < -0.4 is 10.9 Å². The van der Waals surface area contributed by atoms with Crippen LogP contribution in [0.4, 0.5) is 0 Å². The minimum absolute atomic E-state index is 0.0132. The molecule has 0 aliphatic heterocycles. The van der Waals surface area contributed by atoms with Crippen molar-refractivity contribution in [2.24, 2.45) is 0 Å². The molecule has 0 fully saturated rings. The fourth-order valence-corrected chi connectivity index (χ4v) is 1.96. The fraction of sp³-hybridized carbons (Fsp3) is 0.571. The van der Waals surface area contributed by atoms with E-state index in [0.717, 1.165) is 18.7 Å². The molecule has 0 atom stereocenters. The predicted octanol–water partition coefficient (Wildman–Crippen LogP) is 1.58. The number of nitrogens with one attached hydrogen (secondary N) is 1. The Balaban J connectivity index is 2.13. The van der Waals surface area contributed by atoms with Gasteiger partial charge in [-0.05, 0) is 33.3 Å². The number of hydrogen-bond acceptors (Lipinski definition) is 3. The van der Waals surface area contributed by atoms with Crippen LogP contribution in [-0.2, 0) is 6.54 Å². The highest BCUT2D eigenvalue weighted by molar-refractivity contribution is 5.44. The van der Waals surface area contributed by atoms with Crippen LogP contribution in [0, 0.1) is 6.92 Å². The molecule has 2 rings (SSSR count). The van der Waals surface area contributed by atoms with Crippen LogP contribution in [0.25, 0.3) is 5.52 Å². The van der Waals surface area contributed by atoms with E-state index in [2.05, 4.69) is 31.2 Å². The molecular formula is C14H22N4O. The van der Waals surface area contributed by atoms with Crippen LogP contribution in [0.15, 0.2) is 23.3 Å². The predicted molar refractivity (Wildman–Crippen MR) is 76.6 cm³/mol. The second-order valence-electron chi connectivity index (χ2n) is 5.58. The van der Waals surface area contributed by atoms with E-state index in [1.807, 2.05) is 19.2 Å². The number of aryl methyl sites for hydroxylation is 1. The van der Waals surface area contributed by atoms with Crippen molar-refractivity contribution in [1.82, 2.24) is 19.5 Å². The fourth-order valence-electron chi connectivity index (χ4n) is 1.96. The maximum Gasteiger partial charge on any atom is 0.276 e. The summed E-state index contributed by atoms with van der Waals surface area (Å²) in [5.41, 5.74) is 1.62. The minimum Gasteiger partial charge on any atom is -0.311 e. The second-order valence-corrected chi connectivity index (χ2v) is 5.58. The smallest absolute Gasteiger partial charge is 0.276 e. The van der Waals surface area contributed by atoms with Crippen LogP contribution in [0.2, 0.25) is 0 Å². The van der Waals surface area contributed by atoms with Crippen molar-refractivity contribution in [3.8, 4) is 0 Å². The molecule has 104 valence electrons. The Morgan fingerprint density at radius 2 is 2.11 bits per heavy atom. The largest absolute Gasteiger partial charge is 0.311 e. The van der Waals surface area contributed by atoms with E-state index in [0.29, 0.717) is 12.1 Å². The molecule has 0 amide bonds. The van der Waals surface area contributed by atoms with E-state index >= 15 is 0 Å². The number of rotatable bonds is 5. The Labute approximate surface area is 113 Å². The molecule has 2 heterocycles. The van der Waals surface area contributed by atoms with Gasteiger partial charge in [0.25, 0.3) is 5.56 Å². The molecule has 5 nitrogen and oxygen atoms in total. The zero-order chi connectivity index (χ0) is 14.0. The highest BCUT2D eigenvalue weighted by atomic mass is 16.1. The van der Waals surface area contributed by atoms with Crippen LogP contribution in [0.3, 0.4) is 0 Å². The molecule has 0 unspecified atom stereocenters. The molecule has 0 saturated carbocycles. The molecule has 0 bridgehead atoms. The topological polar surface area (TPSA) is 51.3 Å². The molecule has 0 aromatic carbocycles. The first-order valence-corrected chi connectivity index (χ1v) is 6.73. The van der Waals surface area contributed by atoms with Crippen molar-refractivity contribution in [1.29, 1.82) is 0 Å². The third-order valence-corrected chi connectivity index (χ3v) is 3.57. The lowest BCUT2D eigenvalue weighted by molar-refractivity contribution is 0.366. The van der Waals surface area contributed by atoms with E-state index < -0.39 is 0 Å². The van der Waals surface area contributed by atoms with Crippen LogP contribution >= 0.6 is 0 Å². The summed E-state index contributed by atoms with van der Waals surface area (Å²) in [4.78, 5) is 12.2. The van der Waals surface area contributed by atoms with Gasteiger partial charge in [-0.1, -0.05) is 6.92 Å². The van der Waals surface area contributed by atoms with Crippen molar-refractivity contribution >= 4 is 5.52 Å². The second kappa shape index (κ2) is 5.17. The lowest BCUT2D eigenvalue weighted by atomic mass is 10.0. The number of hydrogen-bond donors (Lipinski definition) is 1. The lowest BCUT2D eigenvalue weighted by Crippen LogP contribution is -2.41. The standard InChI is InChI=1S/C14H22N4O/c1-5-14(3,4)15-6-7-17-8-9-18-12(13(17)19)10-11(2)16-18/h8-10,15H,5-7H2,1-4H3. The van der Waals surface area contributed by atoms with E-state index in [1.165, 1.54) is 0 Å². The van der Waals surface area contributed by atoms with Gasteiger partial charge in [0.05, 0.1) is 5.69 Å². The number of nitrogens with zero attached hydrogens (tertiary/aromatic N) is 3. The normalized spacial score (nSPS) is 12.2. The molecule has 1 N–H and O–H groups in total. The van der Waals surface area contributed by atoms with E-state index in [1.54, 1.807) is 15.3 Å². The van der Waals surface area contributed by atoms with Crippen molar-refractivity contribution in [3.63, 3.8) is 0 Å². The maximum atomic E-state index is 12.2. The zero-order valence-electron chi connectivity index (χ0n) is 12.1. The quantitative estimate of drug-likeness (QED) is 0.890. The molecule has 0 spiro atoms. The van der Waals surface area contributed by atoms with Crippen molar-refractivity contribution in [2.75, 3.05) is 6.54 Å². The Bertz CT molecular complexity index is 624. The third-order valence-electron chi connectivity index (χ3n) is 3.57. The SMILES string of the molecule is CCC(C)(C)NCCn1ccn2nc(C)cc2c1=O. The van der Waals surface area contributed by atoms with Crippen LogP contribution in [-0.4, -0.2) is 26.3 Å². The summed E-state index contributed by atoms with van der Waals surface area (Å²) >= 11 is 0. The van der Waals surface area contributed by atoms with Gasteiger partial charge in [0.2, 0.25) is 0 Å².